The number of hydrogen-bond donors (Lipinski definition) is 3. The number of aliphatic hydroxyl groups is 1. The van der Waals surface area contributed by atoms with E-state index in [0.717, 1.165) is 13.0 Å². The number of likely N-dealkylation sites (tertiary alicyclic amines) is 1. The van der Waals surface area contributed by atoms with Gasteiger partial charge in [0.15, 0.2) is 0 Å². The van der Waals surface area contributed by atoms with Crippen LogP contribution in [0.1, 0.15) is 51.4 Å². The van der Waals surface area contributed by atoms with E-state index in [1.165, 1.54) is 32.1 Å². The van der Waals surface area contributed by atoms with E-state index in [1.807, 2.05) is 4.90 Å². The van der Waals surface area contributed by atoms with Crippen LogP contribution in [0.5, 0.6) is 0 Å². The van der Waals surface area contributed by atoms with Gasteiger partial charge in [0.2, 0.25) is 11.8 Å². The van der Waals surface area contributed by atoms with Crippen molar-refractivity contribution >= 4 is 11.8 Å². The van der Waals surface area contributed by atoms with E-state index >= 15 is 0 Å². The van der Waals surface area contributed by atoms with Crippen LogP contribution in [-0.4, -0.2) is 60.6 Å². The Hall–Kier alpha value is -1.14. The number of aliphatic hydroxyl groups excluding tert-OH is 1. The summed E-state index contributed by atoms with van der Waals surface area (Å²) in [6.07, 6.45) is 7.89. The quantitative estimate of drug-likeness (QED) is 0.703. The number of nitrogens with zero attached hydrogens (tertiary/aromatic N) is 1. The normalized spacial score (nSPS) is 32.5. The zero-order valence-electron chi connectivity index (χ0n) is 14.6. The summed E-state index contributed by atoms with van der Waals surface area (Å²) in [6.45, 7) is 2.95. The molecule has 2 amide bonds. The predicted octanol–water partition coefficient (Wildman–Crippen LogP) is 0.646. The third-order valence-corrected chi connectivity index (χ3v) is 6.08. The van der Waals surface area contributed by atoms with E-state index in [-0.39, 0.29) is 11.8 Å². The fourth-order valence-electron chi connectivity index (χ4n) is 4.57. The maximum atomic E-state index is 12.3. The second-order valence-corrected chi connectivity index (χ2v) is 7.84. The van der Waals surface area contributed by atoms with Crippen LogP contribution in [0.15, 0.2) is 0 Å². The lowest BCUT2D eigenvalue weighted by molar-refractivity contribution is -0.150. The van der Waals surface area contributed by atoms with Crippen LogP contribution in [-0.2, 0) is 9.59 Å². The number of carbonyl (C=O) groups excluding carboxylic acids is 2. The number of rotatable bonds is 4. The zero-order chi connectivity index (χ0) is 17.0. The minimum Gasteiger partial charge on any atom is -0.392 e. The maximum absolute atomic E-state index is 12.3. The molecule has 2 atom stereocenters. The minimum atomic E-state index is -0.722. The Morgan fingerprint density at radius 3 is 2.79 bits per heavy atom. The predicted molar refractivity (Wildman–Crippen MR) is 91.3 cm³/mol. The molecule has 0 aromatic carbocycles. The Morgan fingerprint density at radius 2 is 2.04 bits per heavy atom. The van der Waals surface area contributed by atoms with Crippen molar-refractivity contribution in [2.45, 2.75) is 57.5 Å². The fraction of sp³-hybridized carbons (Fsp3) is 0.889. The molecule has 0 aromatic rings. The lowest BCUT2D eigenvalue weighted by Gasteiger charge is -2.46. The molecular weight excluding hydrogens is 306 g/mol. The summed E-state index contributed by atoms with van der Waals surface area (Å²) >= 11 is 0. The van der Waals surface area contributed by atoms with Crippen molar-refractivity contribution in [1.29, 1.82) is 0 Å². The number of nitrogens with one attached hydrogen (secondary N) is 2. The molecule has 3 fully saturated rings. The van der Waals surface area contributed by atoms with Gasteiger partial charge in [0, 0.05) is 26.2 Å². The molecule has 3 N–H and O–H groups in total. The highest BCUT2D eigenvalue weighted by molar-refractivity contribution is 5.84. The highest BCUT2D eigenvalue weighted by Gasteiger charge is 2.49. The van der Waals surface area contributed by atoms with Crippen LogP contribution in [0.2, 0.25) is 0 Å². The van der Waals surface area contributed by atoms with Crippen LogP contribution in [0, 0.1) is 11.3 Å². The lowest BCUT2D eigenvalue weighted by atomic mass is 9.71. The van der Waals surface area contributed by atoms with Crippen molar-refractivity contribution in [3.05, 3.63) is 0 Å². The van der Waals surface area contributed by atoms with Crippen molar-refractivity contribution in [3.63, 3.8) is 0 Å². The topological polar surface area (TPSA) is 81.7 Å². The molecule has 3 aliphatic rings. The van der Waals surface area contributed by atoms with Crippen LogP contribution in [0.3, 0.4) is 0 Å². The monoisotopic (exact) mass is 337 g/mol. The second kappa shape index (κ2) is 7.83. The summed E-state index contributed by atoms with van der Waals surface area (Å²) in [5, 5.41) is 16.4. The molecule has 0 bridgehead atoms. The Labute approximate surface area is 144 Å². The molecule has 0 aromatic heterocycles. The second-order valence-electron chi connectivity index (χ2n) is 7.84. The fourth-order valence-corrected chi connectivity index (χ4v) is 4.57. The maximum Gasteiger partial charge on any atom is 0.234 e. The molecule has 6 heteroatoms. The Balaban J connectivity index is 1.49. The van der Waals surface area contributed by atoms with Gasteiger partial charge in [-0.25, -0.2) is 0 Å². The number of piperidine rings is 2. The van der Waals surface area contributed by atoms with E-state index in [0.29, 0.717) is 44.9 Å². The van der Waals surface area contributed by atoms with Crippen molar-refractivity contribution in [3.8, 4) is 0 Å². The summed E-state index contributed by atoms with van der Waals surface area (Å²) in [6, 6.07) is 0. The average Bonchev–Trinajstić information content (AvgIpc) is 2.60. The summed E-state index contributed by atoms with van der Waals surface area (Å²) in [5.41, 5.74) is -0.722. The van der Waals surface area contributed by atoms with Crippen molar-refractivity contribution in [2.75, 3.05) is 32.7 Å². The van der Waals surface area contributed by atoms with Gasteiger partial charge in [0.25, 0.3) is 0 Å². The third-order valence-electron chi connectivity index (χ3n) is 6.08. The smallest absolute Gasteiger partial charge is 0.234 e. The molecule has 3 rings (SSSR count). The highest BCUT2D eigenvalue weighted by Crippen LogP contribution is 2.37. The van der Waals surface area contributed by atoms with Gasteiger partial charge in [-0.05, 0) is 38.0 Å². The molecule has 0 radical (unpaired) electrons. The molecule has 6 nitrogen and oxygen atoms in total. The first-order valence-electron chi connectivity index (χ1n) is 9.55. The lowest BCUT2D eigenvalue weighted by Crippen LogP contribution is -2.62. The van der Waals surface area contributed by atoms with Crippen molar-refractivity contribution in [2.24, 2.45) is 11.3 Å². The largest absolute Gasteiger partial charge is 0.392 e. The van der Waals surface area contributed by atoms with E-state index < -0.39 is 11.5 Å². The van der Waals surface area contributed by atoms with Gasteiger partial charge in [0.1, 0.15) is 0 Å². The number of amides is 2. The summed E-state index contributed by atoms with van der Waals surface area (Å²) in [5.74, 6) is 0.623. The van der Waals surface area contributed by atoms with E-state index in [4.69, 9.17) is 0 Å². The molecule has 136 valence electrons. The van der Waals surface area contributed by atoms with E-state index in [2.05, 4.69) is 10.6 Å². The summed E-state index contributed by atoms with van der Waals surface area (Å²) in [7, 11) is 0. The SMILES string of the molecule is O=C(CN1CC[C@@H](O)[C@@]2(CCCNC2=O)C1)NCC1CCCCC1. The van der Waals surface area contributed by atoms with Gasteiger partial charge >= 0.3 is 0 Å². The van der Waals surface area contributed by atoms with Gasteiger partial charge < -0.3 is 15.7 Å². The average molecular weight is 337 g/mol. The first-order chi connectivity index (χ1) is 11.6. The molecule has 2 heterocycles. The van der Waals surface area contributed by atoms with Crippen molar-refractivity contribution < 1.29 is 14.7 Å². The number of hydrogen-bond acceptors (Lipinski definition) is 4. The molecule has 1 saturated carbocycles. The molecule has 1 aliphatic carbocycles. The minimum absolute atomic E-state index is 0.0448. The molecule has 2 saturated heterocycles. The van der Waals surface area contributed by atoms with Crippen molar-refractivity contribution in [1.82, 2.24) is 15.5 Å². The van der Waals surface area contributed by atoms with E-state index in [9.17, 15) is 14.7 Å². The molecule has 1 spiro atoms. The van der Waals surface area contributed by atoms with E-state index in [1.54, 1.807) is 0 Å². The van der Waals surface area contributed by atoms with Gasteiger partial charge in [-0.15, -0.1) is 0 Å². The molecule has 24 heavy (non-hydrogen) atoms. The molecule has 0 unspecified atom stereocenters. The molecule has 2 aliphatic heterocycles. The van der Waals surface area contributed by atoms with Crippen LogP contribution < -0.4 is 10.6 Å². The Bertz CT molecular complexity index is 464. The number of carbonyl (C=O) groups is 2. The highest BCUT2D eigenvalue weighted by atomic mass is 16.3. The standard InChI is InChI=1S/C18H31N3O3/c22-15-7-10-21(13-18(15)8-4-9-19-17(18)24)12-16(23)20-11-14-5-2-1-3-6-14/h14-15,22H,1-13H2,(H,19,24)(H,20,23)/t15-,18-/m1/s1. The first kappa shape index (κ1) is 17.7. The van der Waals surface area contributed by atoms with Gasteiger partial charge in [-0.1, -0.05) is 19.3 Å². The van der Waals surface area contributed by atoms with Crippen LogP contribution in [0.4, 0.5) is 0 Å². The first-order valence-corrected chi connectivity index (χ1v) is 9.55. The molecular formula is C18H31N3O3. The van der Waals surface area contributed by atoms with Crippen LogP contribution in [0.25, 0.3) is 0 Å². The Kier molecular flexibility index (Phi) is 5.76. The summed E-state index contributed by atoms with van der Waals surface area (Å²) in [4.78, 5) is 26.7. The van der Waals surface area contributed by atoms with Gasteiger partial charge in [-0.2, -0.15) is 0 Å². The van der Waals surface area contributed by atoms with Gasteiger partial charge in [-0.3, -0.25) is 14.5 Å². The summed E-state index contributed by atoms with van der Waals surface area (Å²) < 4.78 is 0. The zero-order valence-corrected chi connectivity index (χ0v) is 14.6. The third kappa shape index (κ3) is 3.91. The Morgan fingerprint density at radius 1 is 1.25 bits per heavy atom. The van der Waals surface area contributed by atoms with Crippen LogP contribution >= 0.6 is 0 Å². The van der Waals surface area contributed by atoms with Gasteiger partial charge in [0.05, 0.1) is 18.1 Å².